The van der Waals surface area contributed by atoms with E-state index >= 15 is 0 Å². The van der Waals surface area contributed by atoms with Crippen LogP contribution in [0.1, 0.15) is 10.4 Å². The molecule has 2 N–H and O–H groups in total. The highest BCUT2D eigenvalue weighted by molar-refractivity contribution is 6.05. The van der Waals surface area contributed by atoms with Crippen LogP contribution in [-0.4, -0.2) is 90.6 Å². The van der Waals surface area contributed by atoms with Gasteiger partial charge in [-0.1, -0.05) is 24.8 Å². The maximum absolute atomic E-state index is 13.2. The van der Waals surface area contributed by atoms with E-state index in [1.165, 1.54) is 11.0 Å². The van der Waals surface area contributed by atoms with Gasteiger partial charge in [0, 0.05) is 82.2 Å². The van der Waals surface area contributed by atoms with E-state index < -0.39 is 0 Å². The molecule has 0 aliphatic carbocycles. The lowest BCUT2D eigenvalue weighted by Gasteiger charge is -2.26. The van der Waals surface area contributed by atoms with Gasteiger partial charge in [-0.2, -0.15) is 0 Å². The Morgan fingerprint density at radius 2 is 1.80 bits per heavy atom. The monoisotopic (exact) mass is 594 g/mol. The van der Waals surface area contributed by atoms with Gasteiger partial charge in [0.1, 0.15) is 5.75 Å². The minimum atomic E-state index is -0.303. The van der Waals surface area contributed by atoms with Crippen molar-refractivity contribution in [2.45, 2.75) is 0 Å². The molecular weight excluding hydrogens is 556 g/mol. The largest absolute Gasteiger partial charge is 0.494 e. The summed E-state index contributed by atoms with van der Waals surface area (Å²) in [6.45, 7) is 7.57. The quantitative estimate of drug-likeness (QED) is 0.292. The third kappa shape index (κ3) is 5.35. The van der Waals surface area contributed by atoms with Crippen LogP contribution in [0.25, 0.3) is 22.2 Å². The summed E-state index contributed by atoms with van der Waals surface area (Å²) in [5, 5.41) is 7.26. The molecule has 6 rings (SSSR count). The van der Waals surface area contributed by atoms with Crippen molar-refractivity contribution >= 4 is 45.7 Å². The predicted molar refractivity (Wildman–Crippen MR) is 174 cm³/mol. The number of likely N-dealkylation sites (tertiary alicyclic amines) is 1. The number of hydrogen-bond donors (Lipinski definition) is 2. The molecule has 2 amide bonds. The minimum Gasteiger partial charge on any atom is -0.494 e. The number of fused-ring (bicyclic) bond motifs is 2. The number of anilines is 4. The van der Waals surface area contributed by atoms with E-state index in [1.807, 2.05) is 54.2 Å². The number of para-hydroxylation sites is 1. The zero-order valence-electron chi connectivity index (χ0n) is 25.8. The fourth-order valence-corrected chi connectivity index (χ4v) is 6.50. The van der Waals surface area contributed by atoms with Gasteiger partial charge in [0.2, 0.25) is 11.9 Å². The number of ether oxygens (including phenoxy) is 1. The first-order valence-corrected chi connectivity index (χ1v) is 14.7. The first-order valence-electron chi connectivity index (χ1n) is 14.7. The molecule has 228 valence electrons. The maximum Gasteiger partial charge on any atom is 0.257 e. The number of methoxy groups -OCH3 is 1. The summed E-state index contributed by atoms with van der Waals surface area (Å²) in [6.07, 6.45) is 4.79. The smallest absolute Gasteiger partial charge is 0.257 e. The molecule has 4 aromatic rings. The normalized spacial score (nSPS) is 17.9. The van der Waals surface area contributed by atoms with E-state index in [0.717, 1.165) is 48.3 Å². The van der Waals surface area contributed by atoms with E-state index in [-0.39, 0.29) is 17.8 Å². The summed E-state index contributed by atoms with van der Waals surface area (Å²) in [7, 11) is 9.16. The van der Waals surface area contributed by atoms with Crippen molar-refractivity contribution < 1.29 is 14.3 Å². The van der Waals surface area contributed by atoms with E-state index in [2.05, 4.69) is 39.0 Å². The average Bonchev–Trinajstić information content (AvgIpc) is 3.67. The second-order valence-electron chi connectivity index (χ2n) is 11.9. The van der Waals surface area contributed by atoms with Gasteiger partial charge in [0.15, 0.2) is 0 Å². The van der Waals surface area contributed by atoms with Gasteiger partial charge >= 0.3 is 0 Å². The average molecular weight is 595 g/mol. The Hall–Kier alpha value is -4.90. The van der Waals surface area contributed by atoms with E-state index in [0.29, 0.717) is 40.2 Å². The molecule has 0 bridgehead atoms. The molecule has 2 fully saturated rings. The number of nitrogens with zero attached hydrogens (tertiary/aromatic N) is 6. The van der Waals surface area contributed by atoms with Crippen LogP contribution in [0.3, 0.4) is 0 Å². The Morgan fingerprint density at radius 1 is 1.07 bits per heavy atom. The number of carbonyl (C=O) groups excluding carboxylic acids is 2. The molecule has 2 aliphatic heterocycles. The van der Waals surface area contributed by atoms with Crippen molar-refractivity contribution in [1.29, 1.82) is 0 Å². The molecule has 0 radical (unpaired) electrons. The number of carbonyl (C=O) groups is 2. The standard InChI is InChI=1S/C33H38N8O3/c1-7-30(42)35-25-12-26(29(44-6)13-28(25)41-17-20-15-39(4)16-21(20)18-41)36-33-34-14-23(32(43)38(2)3)31(37-33)24-19-40(5)27-11-9-8-10-22(24)27/h7-14,19-21H,1,15-18H2,2-6H3,(H,35,42)(H,34,36,37)/t20-,21+. The molecule has 11 nitrogen and oxygen atoms in total. The van der Waals surface area contributed by atoms with Crippen LogP contribution >= 0.6 is 0 Å². The molecule has 2 aromatic heterocycles. The van der Waals surface area contributed by atoms with E-state index in [4.69, 9.17) is 9.72 Å². The summed E-state index contributed by atoms with van der Waals surface area (Å²) in [5.41, 5.74) is 4.86. The van der Waals surface area contributed by atoms with Crippen molar-refractivity contribution in [3.63, 3.8) is 0 Å². The van der Waals surface area contributed by atoms with Gasteiger partial charge in [0.05, 0.1) is 35.4 Å². The predicted octanol–water partition coefficient (Wildman–Crippen LogP) is 4.21. The van der Waals surface area contributed by atoms with E-state index in [9.17, 15) is 9.59 Å². The Bertz CT molecular complexity index is 1750. The van der Waals surface area contributed by atoms with Gasteiger partial charge in [-0.3, -0.25) is 9.59 Å². The first-order chi connectivity index (χ1) is 21.2. The van der Waals surface area contributed by atoms with Gasteiger partial charge in [-0.15, -0.1) is 0 Å². The van der Waals surface area contributed by atoms with Gasteiger partial charge in [-0.25, -0.2) is 9.97 Å². The van der Waals surface area contributed by atoms with Crippen LogP contribution < -0.4 is 20.3 Å². The van der Waals surface area contributed by atoms with Crippen LogP contribution in [0.15, 0.2) is 61.4 Å². The Kier molecular flexibility index (Phi) is 7.73. The fourth-order valence-electron chi connectivity index (χ4n) is 6.50. The van der Waals surface area contributed by atoms with Gasteiger partial charge < -0.3 is 34.6 Å². The third-order valence-corrected chi connectivity index (χ3v) is 8.59. The van der Waals surface area contributed by atoms with Crippen LogP contribution in [-0.2, 0) is 11.8 Å². The maximum atomic E-state index is 13.2. The Morgan fingerprint density at radius 3 is 2.48 bits per heavy atom. The van der Waals surface area contributed by atoms with Crippen molar-refractivity contribution in [1.82, 2.24) is 24.3 Å². The number of benzene rings is 2. The molecule has 4 heterocycles. The number of hydrogen-bond acceptors (Lipinski definition) is 8. The Labute approximate surface area is 257 Å². The number of aryl methyl sites for hydroxylation is 1. The molecular formula is C33H38N8O3. The van der Waals surface area contributed by atoms with Crippen molar-refractivity contribution in [3.8, 4) is 17.0 Å². The number of aromatic nitrogens is 3. The zero-order chi connectivity index (χ0) is 31.1. The second-order valence-corrected chi connectivity index (χ2v) is 11.9. The molecule has 0 unspecified atom stereocenters. The van der Waals surface area contributed by atoms with Crippen molar-refractivity contribution in [2.24, 2.45) is 18.9 Å². The minimum absolute atomic E-state index is 0.197. The van der Waals surface area contributed by atoms with Crippen LogP contribution in [0.4, 0.5) is 23.0 Å². The second kappa shape index (κ2) is 11.6. The lowest BCUT2D eigenvalue weighted by molar-refractivity contribution is -0.111. The van der Waals surface area contributed by atoms with Gasteiger partial charge in [0.25, 0.3) is 5.91 Å². The van der Waals surface area contributed by atoms with Crippen LogP contribution in [0.2, 0.25) is 0 Å². The Balaban J connectivity index is 1.41. The summed E-state index contributed by atoms with van der Waals surface area (Å²) in [5.74, 6) is 1.52. The summed E-state index contributed by atoms with van der Waals surface area (Å²) in [6, 6.07) is 11.8. The third-order valence-electron chi connectivity index (χ3n) is 8.59. The molecule has 2 aromatic carbocycles. The highest BCUT2D eigenvalue weighted by Crippen LogP contribution is 2.42. The highest BCUT2D eigenvalue weighted by Gasteiger charge is 2.39. The van der Waals surface area contributed by atoms with Crippen LogP contribution in [0, 0.1) is 11.8 Å². The zero-order valence-corrected chi connectivity index (χ0v) is 25.8. The molecule has 44 heavy (non-hydrogen) atoms. The lowest BCUT2D eigenvalue weighted by atomic mass is 10.0. The number of amides is 2. The van der Waals surface area contributed by atoms with Crippen molar-refractivity contribution in [2.75, 3.05) is 70.0 Å². The molecule has 0 saturated carbocycles. The molecule has 0 spiro atoms. The van der Waals surface area contributed by atoms with E-state index in [1.54, 1.807) is 27.4 Å². The molecule has 2 atom stereocenters. The van der Waals surface area contributed by atoms with Gasteiger partial charge in [-0.05, 0) is 37.1 Å². The number of rotatable bonds is 8. The summed E-state index contributed by atoms with van der Waals surface area (Å²) < 4.78 is 7.85. The highest BCUT2D eigenvalue weighted by atomic mass is 16.5. The number of nitrogens with one attached hydrogen (secondary N) is 2. The summed E-state index contributed by atoms with van der Waals surface area (Å²) >= 11 is 0. The van der Waals surface area contributed by atoms with Crippen molar-refractivity contribution in [3.05, 3.63) is 67.0 Å². The molecule has 11 heteroatoms. The molecule has 2 saturated heterocycles. The fraction of sp³-hybridized carbons (Fsp3) is 0.333. The summed E-state index contributed by atoms with van der Waals surface area (Å²) in [4.78, 5) is 41.4. The lowest BCUT2D eigenvalue weighted by Crippen LogP contribution is -2.27. The topological polar surface area (TPSA) is 108 Å². The first kappa shape index (κ1) is 29.2. The van der Waals surface area contributed by atoms with Crippen LogP contribution in [0.5, 0.6) is 5.75 Å². The molecule has 2 aliphatic rings. The SMILES string of the molecule is C=CC(=O)Nc1cc(Nc2ncc(C(=O)N(C)C)c(-c3cn(C)c4ccccc34)n2)c(OC)cc1N1C[C@H]2CN(C)C[C@H]2C1.